The van der Waals surface area contributed by atoms with Gasteiger partial charge in [0.05, 0.1) is 0 Å². The molecule has 0 aliphatic heterocycles. The van der Waals surface area contributed by atoms with Gasteiger partial charge in [-0.1, -0.05) is 0 Å². The van der Waals surface area contributed by atoms with Crippen molar-refractivity contribution in [2.75, 3.05) is 23.5 Å². The maximum Gasteiger partial charge on any atom is 0.178 e. The number of hydrogen-bond donors (Lipinski definition) is 3. The van der Waals surface area contributed by atoms with Crippen LogP contribution in [0.25, 0.3) is 0 Å². The Morgan fingerprint density at radius 1 is 1.41 bits per heavy atom. The molecule has 94 valence electrons. The molecule has 0 radical (unpaired) electrons. The van der Waals surface area contributed by atoms with E-state index in [0.29, 0.717) is 6.54 Å². The van der Waals surface area contributed by atoms with Gasteiger partial charge in [0.2, 0.25) is 0 Å². The van der Waals surface area contributed by atoms with Crippen molar-refractivity contribution in [1.29, 1.82) is 0 Å². The molecule has 1 aromatic rings. The minimum Gasteiger partial charge on any atom is -0.366 e. The van der Waals surface area contributed by atoms with Gasteiger partial charge in [0.1, 0.15) is 0 Å². The van der Waals surface area contributed by atoms with E-state index in [1.165, 1.54) is 0 Å². The first kappa shape index (κ1) is 12.4. The number of anilines is 2. The average Bonchev–Trinajstić information content (AvgIpc) is 3.09. The quantitative estimate of drug-likeness (QED) is 0.558. The molecule has 17 heavy (non-hydrogen) atoms. The Morgan fingerprint density at radius 2 is 2.06 bits per heavy atom. The highest BCUT2D eigenvalue weighted by Crippen LogP contribution is 2.47. The third kappa shape index (κ3) is 2.61. The zero-order valence-corrected chi connectivity index (χ0v) is 10.2. The van der Waals surface area contributed by atoms with E-state index < -0.39 is 11.6 Å². The summed E-state index contributed by atoms with van der Waals surface area (Å²) in [5.41, 5.74) is 2.09. The van der Waals surface area contributed by atoms with Crippen LogP contribution >= 0.6 is 11.8 Å². The molecule has 0 spiro atoms. The SMILES string of the molecule is CSC1(CNc2nc(NN)c(F)cc2F)CC1. The summed E-state index contributed by atoms with van der Waals surface area (Å²) >= 11 is 1.75. The largest absolute Gasteiger partial charge is 0.366 e. The van der Waals surface area contributed by atoms with Gasteiger partial charge in [-0.2, -0.15) is 11.8 Å². The molecule has 0 amide bonds. The van der Waals surface area contributed by atoms with Crippen LogP contribution in [0.2, 0.25) is 0 Å². The normalized spacial score (nSPS) is 16.7. The number of nitrogens with one attached hydrogen (secondary N) is 2. The summed E-state index contributed by atoms with van der Waals surface area (Å²) < 4.78 is 26.7. The lowest BCUT2D eigenvalue weighted by atomic mass is 10.3. The fourth-order valence-corrected chi connectivity index (χ4v) is 2.26. The molecule has 7 heteroatoms. The van der Waals surface area contributed by atoms with Crippen LogP contribution in [0, 0.1) is 11.6 Å². The van der Waals surface area contributed by atoms with Crippen molar-refractivity contribution >= 4 is 23.4 Å². The number of hydrogen-bond acceptors (Lipinski definition) is 5. The van der Waals surface area contributed by atoms with E-state index in [2.05, 4.69) is 15.7 Å². The van der Waals surface area contributed by atoms with Crippen LogP contribution in [0.5, 0.6) is 0 Å². The summed E-state index contributed by atoms with van der Waals surface area (Å²) in [5, 5.41) is 2.90. The van der Waals surface area contributed by atoms with Crippen LogP contribution < -0.4 is 16.6 Å². The molecule has 1 aliphatic rings. The van der Waals surface area contributed by atoms with Crippen molar-refractivity contribution in [2.24, 2.45) is 5.84 Å². The highest BCUT2D eigenvalue weighted by atomic mass is 32.2. The summed E-state index contributed by atoms with van der Waals surface area (Å²) in [6.07, 6.45) is 4.23. The predicted molar refractivity (Wildman–Crippen MR) is 65.9 cm³/mol. The molecule has 4 N–H and O–H groups in total. The number of thioether (sulfide) groups is 1. The predicted octanol–water partition coefficient (Wildman–Crippen LogP) is 1.95. The van der Waals surface area contributed by atoms with Crippen LogP contribution in [-0.2, 0) is 0 Å². The zero-order valence-electron chi connectivity index (χ0n) is 9.39. The van der Waals surface area contributed by atoms with E-state index in [4.69, 9.17) is 5.84 Å². The van der Waals surface area contributed by atoms with Gasteiger partial charge >= 0.3 is 0 Å². The van der Waals surface area contributed by atoms with Crippen LogP contribution in [0.1, 0.15) is 12.8 Å². The topological polar surface area (TPSA) is 63.0 Å². The minimum atomic E-state index is -0.804. The van der Waals surface area contributed by atoms with E-state index in [1.54, 1.807) is 11.8 Å². The van der Waals surface area contributed by atoms with E-state index in [-0.39, 0.29) is 16.4 Å². The third-order valence-corrected chi connectivity index (χ3v) is 4.30. The van der Waals surface area contributed by atoms with Gasteiger partial charge in [-0.3, -0.25) is 0 Å². The summed E-state index contributed by atoms with van der Waals surface area (Å²) in [5.74, 6) is 3.43. The lowest BCUT2D eigenvalue weighted by Gasteiger charge is -2.14. The number of nitrogen functional groups attached to an aromatic ring is 1. The van der Waals surface area contributed by atoms with Gasteiger partial charge in [0.15, 0.2) is 23.3 Å². The van der Waals surface area contributed by atoms with Crippen LogP contribution in [0.3, 0.4) is 0 Å². The van der Waals surface area contributed by atoms with Gasteiger partial charge in [0, 0.05) is 17.4 Å². The van der Waals surface area contributed by atoms with Crippen molar-refractivity contribution in [3.05, 3.63) is 17.7 Å². The van der Waals surface area contributed by atoms with Gasteiger partial charge in [-0.25, -0.2) is 19.6 Å². The standard InChI is InChI=1S/C10H14F2N4S/c1-17-10(2-3-10)5-14-8-6(11)4-7(12)9(15-8)16-13/h4H,2-3,5,13H2,1H3,(H2,14,15,16). The van der Waals surface area contributed by atoms with E-state index in [0.717, 1.165) is 18.9 Å². The number of nitrogens with two attached hydrogens (primary N) is 1. The Labute approximate surface area is 102 Å². The summed E-state index contributed by atoms with van der Waals surface area (Å²) in [6.45, 7) is 0.619. The first-order chi connectivity index (χ1) is 8.10. The number of halogens is 2. The van der Waals surface area contributed by atoms with E-state index >= 15 is 0 Å². The first-order valence-corrected chi connectivity index (χ1v) is 6.44. The monoisotopic (exact) mass is 260 g/mol. The van der Waals surface area contributed by atoms with E-state index in [9.17, 15) is 8.78 Å². The molecule has 1 saturated carbocycles. The molecular formula is C10H14F2N4S. The molecule has 0 aromatic carbocycles. The van der Waals surface area contributed by atoms with Gasteiger partial charge in [-0.05, 0) is 19.1 Å². The molecular weight excluding hydrogens is 246 g/mol. The summed E-state index contributed by atoms with van der Waals surface area (Å²) in [6, 6.07) is 0.767. The molecule has 0 bridgehead atoms. The fourth-order valence-electron chi connectivity index (χ4n) is 1.53. The number of nitrogens with zero attached hydrogens (tertiary/aromatic N) is 1. The van der Waals surface area contributed by atoms with Crippen molar-refractivity contribution in [2.45, 2.75) is 17.6 Å². The maximum atomic E-state index is 13.4. The maximum absolute atomic E-state index is 13.4. The Bertz CT molecular complexity index is 423. The Morgan fingerprint density at radius 3 is 2.59 bits per heavy atom. The molecule has 0 unspecified atom stereocenters. The highest BCUT2D eigenvalue weighted by molar-refractivity contribution is 8.00. The summed E-state index contributed by atoms with van der Waals surface area (Å²) in [4.78, 5) is 3.75. The third-order valence-electron chi connectivity index (χ3n) is 2.88. The number of pyridine rings is 1. The molecule has 1 fully saturated rings. The molecule has 2 rings (SSSR count). The second-order valence-electron chi connectivity index (χ2n) is 4.03. The van der Waals surface area contributed by atoms with Crippen molar-refractivity contribution in [3.63, 3.8) is 0 Å². The smallest absolute Gasteiger partial charge is 0.178 e. The first-order valence-electron chi connectivity index (χ1n) is 5.22. The van der Waals surface area contributed by atoms with Crippen LogP contribution in [0.15, 0.2) is 6.07 Å². The van der Waals surface area contributed by atoms with Crippen LogP contribution in [-0.4, -0.2) is 22.5 Å². The lowest BCUT2D eigenvalue weighted by Crippen LogP contribution is -2.20. The average molecular weight is 260 g/mol. The number of hydrazine groups is 1. The van der Waals surface area contributed by atoms with Gasteiger partial charge < -0.3 is 10.7 Å². The number of rotatable bonds is 5. The highest BCUT2D eigenvalue weighted by Gasteiger charge is 2.41. The van der Waals surface area contributed by atoms with Gasteiger partial charge in [0.25, 0.3) is 0 Å². The Kier molecular flexibility index (Phi) is 3.39. The Hall–Kier alpha value is -1.08. The van der Waals surface area contributed by atoms with Gasteiger partial charge in [-0.15, -0.1) is 0 Å². The number of aromatic nitrogens is 1. The Balaban J connectivity index is 2.10. The van der Waals surface area contributed by atoms with Crippen LogP contribution in [0.4, 0.5) is 20.4 Å². The van der Waals surface area contributed by atoms with Crippen molar-refractivity contribution < 1.29 is 8.78 Å². The van der Waals surface area contributed by atoms with Crippen molar-refractivity contribution in [3.8, 4) is 0 Å². The van der Waals surface area contributed by atoms with Crippen molar-refractivity contribution in [1.82, 2.24) is 4.98 Å². The second kappa shape index (κ2) is 4.66. The molecule has 4 nitrogen and oxygen atoms in total. The molecule has 1 heterocycles. The lowest BCUT2D eigenvalue weighted by molar-refractivity contribution is 0.578. The second-order valence-corrected chi connectivity index (χ2v) is 5.31. The summed E-state index contributed by atoms with van der Waals surface area (Å²) in [7, 11) is 0. The zero-order chi connectivity index (χ0) is 12.5. The molecule has 1 aliphatic carbocycles. The fraction of sp³-hybridized carbons (Fsp3) is 0.500. The molecule has 0 atom stereocenters. The molecule has 1 aromatic heterocycles. The molecule has 0 saturated heterocycles. The minimum absolute atomic E-state index is 0.0275. The van der Waals surface area contributed by atoms with E-state index in [1.807, 2.05) is 6.26 Å².